The number of nitrogens with zero attached hydrogens (tertiary/aromatic N) is 5. The Kier molecular flexibility index (Phi) is 7.43. The van der Waals surface area contributed by atoms with E-state index in [1.54, 1.807) is 0 Å². The Balaban J connectivity index is 1.37. The van der Waals surface area contributed by atoms with Gasteiger partial charge in [0.05, 0.1) is 30.0 Å². The average molecular weight is 616 g/mol. The van der Waals surface area contributed by atoms with E-state index in [1.165, 1.54) is 13.0 Å². The molecule has 5 atom stereocenters. The number of pyridine rings is 1. The lowest BCUT2D eigenvalue weighted by Crippen LogP contribution is -2.60. The maximum Gasteiger partial charge on any atom is 0.319 e. The highest BCUT2D eigenvalue weighted by molar-refractivity contribution is 6.34. The van der Waals surface area contributed by atoms with Crippen LogP contribution < -0.4 is 25.4 Å². The van der Waals surface area contributed by atoms with Crippen LogP contribution in [0.3, 0.4) is 0 Å². The van der Waals surface area contributed by atoms with E-state index in [1.807, 2.05) is 6.92 Å². The van der Waals surface area contributed by atoms with E-state index in [0.29, 0.717) is 43.5 Å². The van der Waals surface area contributed by atoms with Gasteiger partial charge in [-0.25, -0.2) is 13.8 Å². The van der Waals surface area contributed by atoms with Gasteiger partial charge in [0, 0.05) is 48.9 Å². The van der Waals surface area contributed by atoms with Crippen LogP contribution in [-0.4, -0.2) is 89.6 Å². The predicted molar refractivity (Wildman–Crippen MR) is 160 cm³/mol. The quantitative estimate of drug-likeness (QED) is 0.407. The van der Waals surface area contributed by atoms with Crippen molar-refractivity contribution in [2.45, 2.75) is 70.3 Å². The fraction of sp³-hybridized carbons (Fsp3) is 0.567. The average Bonchev–Trinajstić information content (AvgIpc) is 3.39. The molecule has 0 spiro atoms. The van der Waals surface area contributed by atoms with Gasteiger partial charge < -0.3 is 30.2 Å². The van der Waals surface area contributed by atoms with E-state index < -0.39 is 11.6 Å². The number of hydrogen-bond donors (Lipinski definition) is 2. The molecular formula is C30H36ClF2N7O3. The van der Waals surface area contributed by atoms with Crippen LogP contribution in [0.15, 0.2) is 6.07 Å². The summed E-state index contributed by atoms with van der Waals surface area (Å²) in [5.41, 5.74) is 5.93. The van der Waals surface area contributed by atoms with Gasteiger partial charge in [0.1, 0.15) is 35.1 Å². The number of nitrogens with two attached hydrogens (primary N) is 1. The van der Waals surface area contributed by atoms with Gasteiger partial charge in [0.15, 0.2) is 11.6 Å². The number of nitrogens with one attached hydrogen (secondary N) is 1. The lowest BCUT2D eigenvalue weighted by molar-refractivity contribution is -0.0101. The van der Waals surface area contributed by atoms with E-state index >= 15 is 4.39 Å². The Morgan fingerprint density at radius 1 is 1.21 bits per heavy atom. The fourth-order valence-corrected chi connectivity index (χ4v) is 7.16. The number of aromatic nitrogens is 3. The number of anilines is 2. The molecule has 10 nitrogen and oxygen atoms in total. The van der Waals surface area contributed by atoms with Crippen LogP contribution in [0, 0.1) is 18.6 Å². The SMILES string of the molecule is CC[C@@H]1CN2c3nc(OC[C@@H]4CC[C@H]5COCCN54)nc4c(F)c(-c5cc(N)c(F)c(C)c5Cl)nc(c34)O[C@@H](C)[C@@H]2CN1. The van der Waals surface area contributed by atoms with E-state index in [9.17, 15) is 4.39 Å². The molecule has 3 saturated heterocycles. The molecule has 0 radical (unpaired) electrons. The van der Waals surface area contributed by atoms with E-state index in [-0.39, 0.29) is 69.2 Å². The molecule has 4 aliphatic heterocycles. The van der Waals surface area contributed by atoms with Crippen molar-refractivity contribution in [1.29, 1.82) is 0 Å². The molecule has 3 N–H and O–H groups in total. The summed E-state index contributed by atoms with van der Waals surface area (Å²) in [6.45, 7) is 9.56. The van der Waals surface area contributed by atoms with Crippen molar-refractivity contribution >= 4 is 34.0 Å². The van der Waals surface area contributed by atoms with E-state index in [4.69, 9.17) is 36.5 Å². The third-order valence-electron chi connectivity index (χ3n) is 9.43. The summed E-state index contributed by atoms with van der Waals surface area (Å²) in [6, 6.07) is 2.10. The van der Waals surface area contributed by atoms with Gasteiger partial charge >= 0.3 is 6.01 Å². The highest BCUT2D eigenvalue weighted by Gasteiger charge is 2.40. The van der Waals surface area contributed by atoms with Crippen molar-refractivity contribution in [3.63, 3.8) is 0 Å². The van der Waals surface area contributed by atoms with Crippen molar-refractivity contribution in [3.05, 3.63) is 28.3 Å². The number of nitrogen functional groups attached to an aromatic ring is 1. The first kappa shape index (κ1) is 28.7. The summed E-state index contributed by atoms with van der Waals surface area (Å²) >= 11 is 6.54. The molecular weight excluding hydrogens is 580 g/mol. The van der Waals surface area contributed by atoms with Crippen molar-refractivity contribution < 1.29 is 23.0 Å². The normalized spacial score (nSPS) is 27.0. The Morgan fingerprint density at radius 2 is 2.05 bits per heavy atom. The highest BCUT2D eigenvalue weighted by Crippen LogP contribution is 2.44. The lowest BCUT2D eigenvalue weighted by Gasteiger charge is -2.42. The first-order valence-corrected chi connectivity index (χ1v) is 15.4. The van der Waals surface area contributed by atoms with Crippen LogP contribution in [0.5, 0.6) is 11.9 Å². The van der Waals surface area contributed by atoms with E-state index in [0.717, 1.165) is 32.4 Å². The smallest absolute Gasteiger partial charge is 0.319 e. The number of rotatable bonds is 5. The molecule has 43 heavy (non-hydrogen) atoms. The van der Waals surface area contributed by atoms with Crippen LogP contribution in [0.1, 0.15) is 38.7 Å². The number of halogens is 3. The molecule has 6 heterocycles. The summed E-state index contributed by atoms with van der Waals surface area (Å²) < 4.78 is 49.5. The second kappa shape index (κ2) is 11.1. The number of benzene rings is 1. The second-order valence-electron chi connectivity index (χ2n) is 12.0. The Labute approximate surface area is 253 Å². The maximum absolute atomic E-state index is 16.6. The minimum absolute atomic E-state index is 0.00622. The lowest BCUT2D eigenvalue weighted by atomic mass is 10.0. The Hall–Kier alpha value is -3.06. The number of piperazine rings is 1. The van der Waals surface area contributed by atoms with Crippen LogP contribution in [0.25, 0.3) is 22.2 Å². The van der Waals surface area contributed by atoms with Gasteiger partial charge in [0.25, 0.3) is 0 Å². The first-order valence-electron chi connectivity index (χ1n) is 15.0. The van der Waals surface area contributed by atoms with E-state index in [2.05, 4.69) is 32.0 Å². The summed E-state index contributed by atoms with van der Waals surface area (Å²) in [5, 5.41) is 3.98. The summed E-state index contributed by atoms with van der Waals surface area (Å²) in [5.74, 6) is -0.668. The molecule has 7 rings (SSSR count). The third kappa shape index (κ3) is 4.83. The first-order chi connectivity index (χ1) is 20.7. The standard InChI is InChI=1S/C30H36ClF2N7O3/c1-4-16-11-40-21(10-35-16)15(3)43-29-22-27(25(33)26(36-29)19-9-20(34)24(32)14(2)23(19)31)37-30(38-28(22)40)42-13-18-6-5-17-12-41-8-7-39(17)18/h9,15-18,21,35H,4-8,10-13,34H2,1-3H3/t15-,16+,17-,18-,21-/m0/s1. The summed E-state index contributed by atoms with van der Waals surface area (Å²) in [7, 11) is 0. The van der Waals surface area contributed by atoms with Crippen molar-refractivity contribution in [2.75, 3.05) is 50.1 Å². The van der Waals surface area contributed by atoms with Crippen LogP contribution in [0.4, 0.5) is 20.3 Å². The maximum atomic E-state index is 16.6. The van der Waals surface area contributed by atoms with Gasteiger partial charge in [-0.3, -0.25) is 4.90 Å². The molecule has 0 amide bonds. The highest BCUT2D eigenvalue weighted by atomic mass is 35.5. The molecule has 2 aromatic heterocycles. The van der Waals surface area contributed by atoms with Crippen LogP contribution in [0.2, 0.25) is 5.02 Å². The van der Waals surface area contributed by atoms with Crippen LogP contribution in [-0.2, 0) is 4.74 Å². The molecule has 1 aromatic carbocycles. The molecule has 0 saturated carbocycles. The molecule has 0 unspecified atom stereocenters. The minimum atomic E-state index is -0.731. The summed E-state index contributed by atoms with van der Waals surface area (Å²) in [4.78, 5) is 18.7. The van der Waals surface area contributed by atoms with Crippen LogP contribution >= 0.6 is 11.6 Å². The topological polar surface area (TPSA) is 111 Å². The Morgan fingerprint density at radius 3 is 2.86 bits per heavy atom. The van der Waals surface area contributed by atoms with Crippen molar-refractivity contribution in [3.8, 4) is 23.1 Å². The largest absolute Gasteiger partial charge is 0.472 e. The molecule has 0 aliphatic carbocycles. The number of morpholine rings is 1. The molecule has 4 aliphatic rings. The van der Waals surface area contributed by atoms with Gasteiger partial charge in [0.2, 0.25) is 5.88 Å². The van der Waals surface area contributed by atoms with Gasteiger partial charge in [-0.1, -0.05) is 18.5 Å². The molecule has 230 valence electrons. The molecule has 3 fully saturated rings. The third-order valence-corrected chi connectivity index (χ3v) is 9.92. The fourth-order valence-electron chi connectivity index (χ4n) is 6.93. The number of ether oxygens (including phenoxy) is 3. The van der Waals surface area contributed by atoms with Gasteiger partial charge in [-0.2, -0.15) is 9.97 Å². The minimum Gasteiger partial charge on any atom is -0.472 e. The second-order valence-corrected chi connectivity index (χ2v) is 12.3. The zero-order chi connectivity index (χ0) is 30.0. The monoisotopic (exact) mass is 615 g/mol. The predicted octanol–water partition coefficient (Wildman–Crippen LogP) is 4.09. The molecule has 3 aromatic rings. The van der Waals surface area contributed by atoms with Crippen molar-refractivity contribution in [2.24, 2.45) is 0 Å². The number of hydrogen-bond acceptors (Lipinski definition) is 10. The van der Waals surface area contributed by atoms with Gasteiger partial charge in [-0.05, 0) is 39.2 Å². The zero-order valence-electron chi connectivity index (χ0n) is 24.5. The molecule has 0 bridgehead atoms. The van der Waals surface area contributed by atoms with Crippen molar-refractivity contribution in [1.82, 2.24) is 25.2 Å². The number of fused-ring (bicyclic) bond motifs is 3. The Bertz CT molecular complexity index is 1580. The molecule has 13 heteroatoms. The zero-order valence-corrected chi connectivity index (χ0v) is 25.3. The summed E-state index contributed by atoms with van der Waals surface area (Å²) in [6.07, 6.45) is 2.63. The van der Waals surface area contributed by atoms with Gasteiger partial charge in [-0.15, -0.1) is 0 Å².